The molecule has 2 heterocycles. The summed E-state index contributed by atoms with van der Waals surface area (Å²) in [7, 11) is 0. The van der Waals surface area contributed by atoms with E-state index in [4.69, 9.17) is 0 Å². The summed E-state index contributed by atoms with van der Waals surface area (Å²) in [4.78, 5) is 2.84. The highest BCUT2D eigenvalue weighted by Crippen LogP contribution is 2.45. The Labute approximate surface area is 183 Å². The van der Waals surface area contributed by atoms with Crippen molar-refractivity contribution in [2.24, 2.45) is 0 Å². The molecule has 0 N–H and O–H groups in total. The summed E-state index contributed by atoms with van der Waals surface area (Å²) in [5.74, 6) is 1.99. The van der Waals surface area contributed by atoms with E-state index in [0.717, 1.165) is 11.5 Å². The van der Waals surface area contributed by atoms with E-state index in [1.54, 1.807) is 0 Å². The highest BCUT2D eigenvalue weighted by molar-refractivity contribution is 8.01. The van der Waals surface area contributed by atoms with Gasteiger partial charge in [-0.2, -0.15) is 11.3 Å². The molecule has 3 heteroatoms. The summed E-state index contributed by atoms with van der Waals surface area (Å²) in [6, 6.07) is 26.9. The molecule has 6 rings (SSSR count). The fourth-order valence-corrected chi connectivity index (χ4v) is 7.71. The zero-order valence-corrected chi connectivity index (χ0v) is 18.2. The second kappa shape index (κ2) is 7.24. The first kappa shape index (κ1) is 17.6. The van der Waals surface area contributed by atoms with Crippen LogP contribution in [0.4, 0.5) is 0 Å². The minimum Gasteiger partial charge on any atom is -0.150 e. The van der Waals surface area contributed by atoms with Crippen molar-refractivity contribution >= 4 is 56.4 Å². The molecule has 29 heavy (non-hydrogen) atoms. The van der Waals surface area contributed by atoms with Crippen LogP contribution >= 0.6 is 34.9 Å². The summed E-state index contributed by atoms with van der Waals surface area (Å²) in [6.45, 7) is 0. The van der Waals surface area contributed by atoms with Crippen LogP contribution in [0.3, 0.4) is 0 Å². The third-order valence-corrected chi connectivity index (χ3v) is 9.02. The van der Waals surface area contributed by atoms with Crippen LogP contribution in [0.1, 0.15) is 11.1 Å². The molecule has 0 bridgehead atoms. The van der Waals surface area contributed by atoms with E-state index in [2.05, 4.69) is 83.6 Å². The average Bonchev–Trinajstić information content (AvgIpc) is 3.23. The van der Waals surface area contributed by atoms with Crippen molar-refractivity contribution in [1.29, 1.82) is 0 Å². The Morgan fingerprint density at radius 3 is 1.52 bits per heavy atom. The molecule has 0 fully saturated rings. The second-order valence-electron chi connectivity index (χ2n) is 7.32. The molecule has 140 valence electrons. The van der Waals surface area contributed by atoms with Crippen molar-refractivity contribution in [3.8, 4) is 11.1 Å². The minimum atomic E-state index is 0.993. The molecule has 0 nitrogen and oxygen atoms in total. The predicted molar refractivity (Wildman–Crippen MR) is 130 cm³/mol. The van der Waals surface area contributed by atoms with Crippen molar-refractivity contribution in [1.82, 2.24) is 0 Å². The summed E-state index contributed by atoms with van der Waals surface area (Å²) >= 11 is 5.76. The van der Waals surface area contributed by atoms with Gasteiger partial charge in [0.25, 0.3) is 0 Å². The van der Waals surface area contributed by atoms with Crippen molar-refractivity contribution in [3.05, 3.63) is 94.7 Å². The minimum absolute atomic E-state index is 0.993. The van der Waals surface area contributed by atoms with Gasteiger partial charge in [-0.05, 0) is 43.8 Å². The summed E-state index contributed by atoms with van der Waals surface area (Å²) in [5.41, 5.74) is 5.69. The van der Waals surface area contributed by atoms with Crippen molar-refractivity contribution < 1.29 is 0 Å². The van der Waals surface area contributed by atoms with Gasteiger partial charge >= 0.3 is 0 Å². The molecule has 0 saturated carbocycles. The lowest BCUT2D eigenvalue weighted by molar-refractivity contribution is 1.29. The largest absolute Gasteiger partial charge is 0.150 e. The third kappa shape index (κ3) is 3.00. The number of thiophene rings is 1. The lowest BCUT2D eigenvalue weighted by Crippen LogP contribution is -1.97. The molecular weight excluding hydrogens is 408 g/mol. The number of hydrogen-bond acceptors (Lipinski definition) is 3. The molecular formula is C26H18S3. The quantitative estimate of drug-likeness (QED) is 0.243. The van der Waals surface area contributed by atoms with Gasteiger partial charge < -0.3 is 0 Å². The highest BCUT2D eigenvalue weighted by atomic mass is 32.2. The maximum absolute atomic E-state index is 2.34. The molecule has 1 aliphatic rings. The summed E-state index contributed by atoms with van der Waals surface area (Å²) in [6.07, 6.45) is 0. The maximum atomic E-state index is 2.34. The monoisotopic (exact) mass is 426 g/mol. The first-order chi connectivity index (χ1) is 14.4. The normalized spacial score (nSPS) is 13.7. The highest BCUT2D eigenvalue weighted by Gasteiger charge is 2.19. The Hall–Kier alpha value is -2.20. The molecule has 0 aliphatic carbocycles. The number of rotatable bonds is 0. The first-order valence-corrected chi connectivity index (χ1v) is 12.6. The molecule has 5 aromatic rings. The van der Waals surface area contributed by atoms with Gasteiger partial charge in [0.15, 0.2) is 0 Å². The van der Waals surface area contributed by atoms with Crippen LogP contribution in [-0.2, 0) is 11.5 Å². The third-order valence-electron chi connectivity index (χ3n) is 5.64. The fourth-order valence-electron chi connectivity index (χ4n) is 4.26. The van der Waals surface area contributed by atoms with Gasteiger partial charge in [0, 0.05) is 32.1 Å². The molecule has 0 spiro atoms. The van der Waals surface area contributed by atoms with Gasteiger partial charge in [0.1, 0.15) is 0 Å². The standard InChI is InChI=1S/C26H18S3/c1-3-7-21-17(5-1)9-11-19-13-28-23-15-27-16-24(23)29-14-20-12-10-18-6-2-4-8-22(18)26(20)25(19)21/h1-12,15-16H,13-14H2. The number of fused-ring (bicyclic) bond motifs is 8. The van der Waals surface area contributed by atoms with Gasteiger partial charge in [-0.1, -0.05) is 72.8 Å². The van der Waals surface area contributed by atoms with Crippen LogP contribution in [0.15, 0.2) is 93.3 Å². The average molecular weight is 427 g/mol. The Kier molecular flexibility index (Phi) is 4.41. The zero-order chi connectivity index (χ0) is 19.2. The van der Waals surface area contributed by atoms with Crippen LogP contribution in [0.2, 0.25) is 0 Å². The Bertz CT molecular complexity index is 1260. The van der Waals surface area contributed by atoms with Gasteiger partial charge in [-0.3, -0.25) is 0 Å². The molecule has 4 aromatic carbocycles. The first-order valence-electron chi connectivity index (χ1n) is 9.72. The van der Waals surface area contributed by atoms with Crippen LogP contribution in [0.5, 0.6) is 0 Å². The molecule has 0 radical (unpaired) electrons. The van der Waals surface area contributed by atoms with E-state index in [1.165, 1.54) is 53.6 Å². The Balaban J connectivity index is 1.73. The van der Waals surface area contributed by atoms with Gasteiger partial charge in [0.05, 0.1) is 0 Å². The van der Waals surface area contributed by atoms with Crippen LogP contribution in [-0.4, -0.2) is 0 Å². The lowest BCUT2D eigenvalue weighted by Gasteiger charge is -2.20. The van der Waals surface area contributed by atoms with Crippen LogP contribution in [0, 0.1) is 0 Å². The molecule has 1 aromatic heterocycles. The second-order valence-corrected chi connectivity index (χ2v) is 10.1. The van der Waals surface area contributed by atoms with E-state index >= 15 is 0 Å². The van der Waals surface area contributed by atoms with E-state index in [-0.39, 0.29) is 0 Å². The smallest absolute Gasteiger partial charge is 0.0319 e. The van der Waals surface area contributed by atoms with Gasteiger partial charge in [-0.25, -0.2) is 0 Å². The molecule has 0 atom stereocenters. The fraction of sp³-hybridized carbons (Fsp3) is 0.0769. The Morgan fingerprint density at radius 1 is 0.517 bits per heavy atom. The molecule has 1 aliphatic heterocycles. The van der Waals surface area contributed by atoms with E-state index in [9.17, 15) is 0 Å². The topological polar surface area (TPSA) is 0 Å². The summed E-state index contributed by atoms with van der Waals surface area (Å²) in [5, 5.41) is 9.96. The Morgan fingerprint density at radius 2 is 1.00 bits per heavy atom. The van der Waals surface area contributed by atoms with Crippen LogP contribution < -0.4 is 0 Å². The van der Waals surface area contributed by atoms with E-state index < -0.39 is 0 Å². The van der Waals surface area contributed by atoms with Crippen molar-refractivity contribution in [2.45, 2.75) is 21.3 Å². The lowest BCUT2D eigenvalue weighted by atomic mass is 9.88. The maximum Gasteiger partial charge on any atom is 0.0319 e. The predicted octanol–water partition coefficient (Wildman–Crippen LogP) is 8.62. The molecule has 0 amide bonds. The SMILES string of the molecule is c1ccc2c3c(ccc2c1)CSc1cscc1SCc1ccc2ccccc2c1-3. The number of thioether (sulfide) groups is 2. The van der Waals surface area contributed by atoms with Gasteiger partial charge in [0.2, 0.25) is 0 Å². The molecule has 0 saturated heterocycles. The summed E-state index contributed by atoms with van der Waals surface area (Å²) < 4.78 is 0. The zero-order valence-electron chi connectivity index (χ0n) is 15.7. The number of hydrogen-bond donors (Lipinski definition) is 0. The van der Waals surface area contributed by atoms with E-state index in [0.29, 0.717) is 0 Å². The van der Waals surface area contributed by atoms with Crippen molar-refractivity contribution in [3.63, 3.8) is 0 Å². The molecule has 0 unspecified atom stereocenters. The van der Waals surface area contributed by atoms with E-state index in [1.807, 2.05) is 34.9 Å². The van der Waals surface area contributed by atoms with Crippen molar-refractivity contribution in [2.75, 3.05) is 0 Å². The van der Waals surface area contributed by atoms with Crippen LogP contribution in [0.25, 0.3) is 32.7 Å². The van der Waals surface area contributed by atoms with Gasteiger partial charge in [-0.15, -0.1) is 23.5 Å². The number of benzene rings is 4.